The van der Waals surface area contributed by atoms with Crippen LogP contribution in [-0.4, -0.2) is 25.3 Å². The molecule has 2 rings (SSSR count). The van der Waals surface area contributed by atoms with Crippen molar-refractivity contribution in [2.45, 2.75) is 17.1 Å². The molecule has 116 valence electrons. The van der Waals surface area contributed by atoms with Gasteiger partial charge in [0.15, 0.2) is 0 Å². The first kappa shape index (κ1) is 16.7. The van der Waals surface area contributed by atoms with E-state index in [9.17, 15) is 4.79 Å². The molecule has 0 aliphatic heterocycles. The van der Waals surface area contributed by atoms with Crippen LogP contribution < -0.4 is 10.2 Å². The Hall–Kier alpha value is -1.65. The Morgan fingerprint density at radius 1 is 1.18 bits per heavy atom. The van der Waals surface area contributed by atoms with Gasteiger partial charge in [-0.25, -0.2) is 0 Å². The van der Waals surface area contributed by atoms with Crippen LogP contribution in [0.25, 0.3) is 0 Å². The predicted molar refractivity (Wildman–Crippen MR) is 96.2 cm³/mol. The van der Waals surface area contributed by atoms with Crippen LogP contribution in [0.15, 0.2) is 53.4 Å². The number of hydrogen-bond donors (Lipinski definition) is 1. The van der Waals surface area contributed by atoms with E-state index in [4.69, 9.17) is 11.6 Å². The molecule has 0 heterocycles. The minimum absolute atomic E-state index is 0.0424. The van der Waals surface area contributed by atoms with E-state index in [0.717, 1.165) is 16.3 Å². The Morgan fingerprint density at radius 3 is 2.50 bits per heavy atom. The lowest BCUT2D eigenvalue weighted by molar-refractivity contribution is -0.115. The fourth-order valence-corrected chi connectivity index (χ4v) is 3.05. The number of nitrogens with zero attached hydrogens (tertiary/aromatic N) is 1. The Morgan fingerprint density at radius 2 is 1.86 bits per heavy atom. The molecule has 0 aromatic heterocycles. The van der Waals surface area contributed by atoms with Crippen molar-refractivity contribution in [3.8, 4) is 0 Å². The standard InChI is InChI=1S/C17H19ClN2OS/c1-12(22-14-7-5-4-6-8-14)17(21)19-15-11-13(18)9-10-16(15)20(2)3/h4-12H,1-3H3,(H,19,21). The SMILES string of the molecule is CC(Sc1ccccc1)C(=O)Nc1cc(Cl)ccc1N(C)C. The summed E-state index contributed by atoms with van der Waals surface area (Å²) in [7, 11) is 3.86. The summed E-state index contributed by atoms with van der Waals surface area (Å²) in [6.07, 6.45) is 0. The predicted octanol–water partition coefficient (Wildman–Crippen LogP) is 4.53. The van der Waals surface area contributed by atoms with Gasteiger partial charge in [-0.2, -0.15) is 0 Å². The highest BCUT2D eigenvalue weighted by Crippen LogP contribution is 2.29. The van der Waals surface area contributed by atoms with Gasteiger partial charge >= 0.3 is 0 Å². The second kappa shape index (κ2) is 7.56. The van der Waals surface area contributed by atoms with Crippen molar-refractivity contribution >= 4 is 40.6 Å². The third-order valence-electron chi connectivity index (χ3n) is 3.12. The lowest BCUT2D eigenvalue weighted by Gasteiger charge is -2.19. The van der Waals surface area contributed by atoms with Crippen molar-refractivity contribution in [3.05, 3.63) is 53.6 Å². The minimum Gasteiger partial charge on any atom is -0.376 e. The molecule has 0 bridgehead atoms. The minimum atomic E-state index is -0.198. The number of benzene rings is 2. The fourth-order valence-electron chi connectivity index (χ4n) is 1.99. The van der Waals surface area contributed by atoms with Gasteiger partial charge in [0.1, 0.15) is 0 Å². The number of hydrogen-bond acceptors (Lipinski definition) is 3. The van der Waals surface area contributed by atoms with Gasteiger partial charge < -0.3 is 10.2 Å². The van der Waals surface area contributed by atoms with Crippen LogP contribution in [0, 0.1) is 0 Å². The van der Waals surface area contributed by atoms with Crippen molar-refractivity contribution in [3.63, 3.8) is 0 Å². The molecule has 1 amide bonds. The molecule has 0 aliphatic rings. The summed E-state index contributed by atoms with van der Waals surface area (Å²) in [5, 5.41) is 3.37. The van der Waals surface area contributed by atoms with E-state index in [1.54, 1.807) is 6.07 Å². The number of carbonyl (C=O) groups is 1. The van der Waals surface area contributed by atoms with Gasteiger partial charge in [-0.1, -0.05) is 29.8 Å². The third kappa shape index (κ3) is 4.42. The molecule has 0 radical (unpaired) electrons. The quantitative estimate of drug-likeness (QED) is 0.816. The topological polar surface area (TPSA) is 32.3 Å². The van der Waals surface area contributed by atoms with Gasteiger partial charge in [-0.15, -0.1) is 11.8 Å². The first-order valence-corrected chi connectivity index (χ1v) is 8.22. The molecule has 0 saturated heterocycles. The van der Waals surface area contributed by atoms with E-state index in [0.29, 0.717) is 5.02 Å². The van der Waals surface area contributed by atoms with Gasteiger partial charge in [-0.3, -0.25) is 4.79 Å². The van der Waals surface area contributed by atoms with Gasteiger partial charge in [0.05, 0.1) is 16.6 Å². The van der Waals surface area contributed by atoms with Crippen LogP contribution in [-0.2, 0) is 4.79 Å². The first-order valence-electron chi connectivity index (χ1n) is 6.97. The summed E-state index contributed by atoms with van der Waals surface area (Å²) >= 11 is 7.57. The summed E-state index contributed by atoms with van der Waals surface area (Å²) in [5.41, 5.74) is 1.65. The molecule has 5 heteroatoms. The number of amides is 1. The molecule has 22 heavy (non-hydrogen) atoms. The molecule has 2 aromatic rings. The summed E-state index contributed by atoms with van der Waals surface area (Å²) in [6, 6.07) is 15.4. The number of halogens is 1. The van der Waals surface area contributed by atoms with Crippen molar-refractivity contribution in [1.82, 2.24) is 0 Å². The van der Waals surface area contributed by atoms with Crippen LogP contribution >= 0.6 is 23.4 Å². The number of thioether (sulfide) groups is 1. The average molecular weight is 335 g/mol. The van der Waals surface area contributed by atoms with Crippen LogP contribution in [0.1, 0.15) is 6.92 Å². The Bertz CT molecular complexity index is 646. The van der Waals surface area contributed by atoms with Crippen LogP contribution in [0.5, 0.6) is 0 Å². The normalized spacial score (nSPS) is 11.8. The van der Waals surface area contributed by atoms with Gasteiger partial charge in [0, 0.05) is 24.0 Å². The molecular formula is C17H19ClN2OS. The highest BCUT2D eigenvalue weighted by molar-refractivity contribution is 8.00. The maximum Gasteiger partial charge on any atom is 0.237 e. The molecule has 1 atom stereocenters. The van der Waals surface area contributed by atoms with Crippen LogP contribution in [0.3, 0.4) is 0 Å². The molecular weight excluding hydrogens is 316 g/mol. The number of nitrogens with one attached hydrogen (secondary N) is 1. The molecule has 0 aliphatic carbocycles. The van der Waals surface area contributed by atoms with Crippen LogP contribution in [0.2, 0.25) is 5.02 Å². The van der Waals surface area contributed by atoms with Crippen molar-refractivity contribution < 1.29 is 4.79 Å². The Kier molecular flexibility index (Phi) is 5.75. The first-order chi connectivity index (χ1) is 10.5. The monoisotopic (exact) mass is 334 g/mol. The van der Waals surface area contributed by atoms with E-state index < -0.39 is 0 Å². The molecule has 0 spiro atoms. The highest BCUT2D eigenvalue weighted by Gasteiger charge is 2.16. The van der Waals surface area contributed by atoms with Gasteiger partial charge in [-0.05, 0) is 37.3 Å². The van der Waals surface area contributed by atoms with Gasteiger partial charge in [0.25, 0.3) is 0 Å². The zero-order chi connectivity index (χ0) is 16.1. The van der Waals surface area contributed by atoms with E-state index >= 15 is 0 Å². The summed E-state index contributed by atoms with van der Waals surface area (Å²) < 4.78 is 0. The molecule has 0 fully saturated rings. The Balaban J connectivity index is 2.10. The zero-order valence-electron chi connectivity index (χ0n) is 12.8. The number of anilines is 2. The Labute approximate surface area is 140 Å². The molecule has 1 N–H and O–H groups in total. The van der Waals surface area contributed by atoms with Crippen molar-refractivity contribution in [1.29, 1.82) is 0 Å². The molecule has 0 saturated carbocycles. The van der Waals surface area contributed by atoms with Crippen LogP contribution in [0.4, 0.5) is 11.4 Å². The number of carbonyl (C=O) groups excluding carboxylic acids is 1. The summed E-state index contributed by atoms with van der Waals surface area (Å²) in [6.45, 7) is 1.90. The second-order valence-corrected chi connectivity index (χ2v) is 6.97. The zero-order valence-corrected chi connectivity index (χ0v) is 14.4. The maximum absolute atomic E-state index is 12.4. The summed E-state index contributed by atoms with van der Waals surface area (Å²) in [4.78, 5) is 15.4. The van der Waals surface area contributed by atoms with E-state index in [2.05, 4.69) is 5.32 Å². The van der Waals surface area contributed by atoms with E-state index in [1.807, 2.05) is 68.4 Å². The largest absolute Gasteiger partial charge is 0.376 e. The van der Waals surface area contributed by atoms with Gasteiger partial charge in [0.2, 0.25) is 5.91 Å². The maximum atomic E-state index is 12.4. The van der Waals surface area contributed by atoms with E-state index in [1.165, 1.54) is 11.8 Å². The smallest absolute Gasteiger partial charge is 0.237 e. The second-order valence-electron chi connectivity index (χ2n) is 5.12. The number of rotatable bonds is 5. The third-order valence-corrected chi connectivity index (χ3v) is 4.47. The molecule has 2 aromatic carbocycles. The average Bonchev–Trinajstić information content (AvgIpc) is 2.48. The lowest BCUT2D eigenvalue weighted by Crippen LogP contribution is -2.24. The molecule has 1 unspecified atom stereocenters. The lowest BCUT2D eigenvalue weighted by atomic mass is 10.2. The van der Waals surface area contributed by atoms with E-state index in [-0.39, 0.29) is 11.2 Å². The highest BCUT2D eigenvalue weighted by atomic mass is 35.5. The molecule has 3 nitrogen and oxygen atoms in total. The summed E-state index contributed by atoms with van der Waals surface area (Å²) in [5.74, 6) is -0.0424. The fraction of sp³-hybridized carbons (Fsp3) is 0.235. The van der Waals surface area contributed by atoms with Crippen molar-refractivity contribution in [2.75, 3.05) is 24.3 Å². The van der Waals surface area contributed by atoms with Crippen molar-refractivity contribution in [2.24, 2.45) is 0 Å².